The highest BCUT2D eigenvalue weighted by Gasteiger charge is 2.01. The summed E-state index contributed by atoms with van der Waals surface area (Å²) in [4.78, 5) is 14.0. The van der Waals surface area contributed by atoms with E-state index in [0.717, 1.165) is 23.5 Å². The number of hydrogen-bond donors (Lipinski definition) is 3. The number of aromatic nitrogens is 1. The Kier molecular flexibility index (Phi) is 3.67. The lowest BCUT2D eigenvalue weighted by atomic mass is 10.1. The quantitative estimate of drug-likeness (QED) is 0.773. The van der Waals surface area contributed by atoms with E-state index < -0.39 is 0 Å². The number of benzene rings is 1. The number of hydrogen-bond acceptors (Lipinski definition) is 2. The maximum absolute atomic E-state index is 11.0. The third kappa shape index (κ3) is 3.13. The molecule has 0 unspecified atom stereocenters. The van der Waals surface area contributed by atoms with Crippen LogP contribution in [0.25, 0.3) is 0 Å². The summed E-state index contributed by atoms with van der Waals surface area (Å²) in [5.41, 5.74) is 4.15. The van der Waals surface area contributed by atoms with Crippen molar-refractivity contribution in [3.05, 3.63) is 47.8 Å². The van der Waals surface area contributed by atoms with Gasteiger partial charge >= 0.3 is 0 Å². The molecule has 0 aliphatic carbocycles. The number of carbonyl (C=O) groups is 1. The van der Waals surface area contributed by atoms with Gasteiger partial charge in [-0.15, -0.1) is 0 Å². The van der Waals surface area contributed by atoms with Crippen LogP contribution >= 0.6 is 0 Å². The summed E-state index contributed by atoms with van der Waals surface area (Å²) in [6.07, 6.45) is 3.87. The molecule has 18 heavy (non-hydrogen) atoms. The fraction of sp³-hybridized carbons (Fsp3) is 0.214. The van der Waals surface area contributed by atoms with Crippen molar-refractivity contribution in [3.8, 4) is 0 Å². The summed E-state index contributed by atoms with van der Waals surface area (Å²) < 4.78 is 0. The molecule has 1 aromatic heterocycles. The molecule has 0 fully saturated rings. The van der Waals surface area contributed by atoms with Crippen LogP contribution in [-0.2, 0) is 11.3 Å². The van der Waals surface area contributed by atoms with Gasteiger partial charge in [0.15, 0.2) is 0 Å². The highest BCUT2D eigenvalue weighted by molar-refractivity contribution is 5.89. The average Bonchev–Trinajstić information content (AvgIpc) is 2.82. The van der Waals surface area contributed by atoms with E-state index in [1.165, 1.54) is 12.5 Å². The lowest BCUT2D eigenvalue weighted by molar-refractivity contribution is -0.114. The van der Waals surface area contributed by atoms with Gasteiger partial charge in [-0.1, -0.05) is 0 Å². The van der Waals surface area contributed by atoms with Crippen molar-refractivity contribution in [2.24, 2.45) is 0 Å². The number of H-pyrrole nitrogens is 1. The Bertz CT molecular complexity index is 532. The van der Waals surface area contributed by atoms with Crippen LogP contribution in [0, 0.1) is 6.92 Å². The molecule has 3 N–H and O–H groups in total. The van der Waals surface area contributed by atoms with Crippen molar-refractivity contribution in [2.75, 3.05) is 10.6 Å². The zero-order valence-electron chi connectivity index (χ0n) is 10.6. The molecule has 4 nitrogen and oxygen atoms in total. The third-order valence-electron chi connectivity index (χ3n) is 2.70. The van der Waals surface area contributed by atoms with Gasteiger partial charge in [-0.25, -0.2) is 0 Å². The molecular formula is C14H17N3O. The minimum Gasteiger partial charge on any atom is -0.381 e. The Morgan fingerprint density at radius 3 is 2.78 bits per heavy atom. The van der Waals surface area contributed by atoms with Gasteiger partial charge in [-0.3, -0.25) is 4.79 Å². The van der Waals surface area contributed by atoms with Crippen LogP contribution < -0.4 is 10.6 Å². The van der Waals surface area contributed by atoms with E-state index in [9.17, 15) is 4.79 Å². The molecule has 0 spiro atoms. The topological polar surface area (TPSA) is 56.9 Å². The summed E-state index contributed by atoms with van der Waals surface area (Å²) in [5.74, 6) is -0.0499. The SMILES string of the molecule is CC(=O)Nc1ccc(NCc2cc[nH]c2)cc1C. The van der Waals surface area contributed by atoms with E-state index >= 15 is 0 Å². The first-order valence-electron chi connectivity index (χ1n) is 5.89. The molecule has 1 aromatic carbocycles. The summed E-state index contributed by atoms with van der Waals surface area (Å²) in [6.45, 7) is 4.27. The predicted octanol–water partition coefficient (Wildman–Crippen LogP) is 2.89. The van der Waals surface area contributed by atoms with E-state index in [1.54, 1.807) is 0 Å². The normalized spacial score (nSPS) is 10.1. The first-order valence-corrected chi connectivity index (χ1v) is 5.89. The maximum Gasteiger partial charge on any atom is 0.221 e. The van der Waals surface area contributed by atoms with E-state index in [4.69, 9.17) is 0 Å². The zero-order chi connectivity index (χ0) is 13.0. The molecule has 0 aliphatic heterocycles. The van der Waals surface area contributed by atoms with Crippen molar-refractivity contribution in [2.45, 2.75) is 20.4 Å². The van der Waals surface area contributed by atoms with Gasteiger partial charge in [0.05, 0.1) is 0 Å². The number of rotatable bonds is 4. The fourth-order valence-corrected chi connectivity index (χ4v) is 1.78. The molecule has 4 heteroatoms. The predicted molar refractivity (Wildman–Crippen MR) is 73.6 cm³/mol. The largest absolute Gasteiger partial charge is 0.381 e. The van der Waals surface area contributed by atoms with Crippen molar-refractivity contribution < 1.29 is 4.79 Å². The minimum absolute atomic E-state index is 0.0499. The molecule has 94 valence electrons. The fourth-order valence-electron chi connectivity index (χ4n) is 1.78. The average molecular weight is 243 g/mol. The van der Waals surface area contributed by atoms with Crippen LogP contribution in [0.2, 0.25) is 0 Å². The van der Waals surface area contributed by atoms with Gasteiger partial charge < -0.3 is 15.6 Å². The lowest BCUT2D eigenvalue weighted by Crippen LogP contribution is -2.07. The van der Waals surface area contributed by atoms with Crippen molar-refractivity contribution in [3.63, 3.8) is 0 Å². The third-order valence-corrected chi connectivity index (χ3v) is 2.70. The second kappa shape index (κ2) is 5.40. The van der Waals surface area contributed by atoms with Crippen LogP contribution in [0.15, 0.2) is 36.7 Å². The first-order chi connectivity index (χ1) is 8.65. The Morgan fingerprint density at radius 2 is 2.17 bits per heavy atom. The Morgan fingerprint density at radius 1 is 1.33 bits per heavy atom. The number of anilines is 2. The Labute approximate surface area is 106 Å². The standard InChI is InChI=1S/C14H17N3O/c1-10-7-13(3-4-14(10)17-11(2)18)16-9-12-5-6-15-8-12/h3-8,15-16H,9H2,1-2H3,(H,17,18). The Balaban J connectivity index is 2.02. The molecule has 0 radical (unpaired) electrons. The molecule has 0 bridgehead atoms. The number of aromatic amines is 1. The van der Waals surface area contributed by atoms with Gasteiger partial charge in [-0.05, 0) is 42.3 Å². The van der Waals surface area contributed by atoms with Gasteiger partial charge in [0, 0.05) is 37.2 Å². The van der Waals surface area contributed by atoms with Crippen LogP contribution in [0.4, 0.5) is 11.4 Å². The van der Waals surface area contributed by atoms with E-state index in [-0.39, 0.29) is 5.91 Å². The number of carbonyl (C=O) groups excluding carboxylic acids is 1. The number of aryl methyl sites for hydroxylation is 1. The minimum atomic E-state index is -0.0499. The molecular weight excluding hydrogens is 226 g/mol. The maximum atomic E-state index is 11.0. The second-order valence-electron chi connectivity index (χ2n) is 4.28. The van der Waals surface area contributed by atoms with Crippen LogP contribution in [0.5, 0.6) is 0 Å². The molecule has 1 heterocycles. The molecule has 0 saturated heterocycles. The van der Waals surface area contributed by atoms with E-state index in [0.29, 0.717) is 0 Å². The molecule has 1 amide bonds. The zero-order valence-corrected chi connectivity index (χ0v) is 10.6. The molecule has 0 atom stereocenters. The second-order valence-corrected chi connectivity index (χ2v) is 4.28. The lowest BCUT2D eigenvalue weighted by Gasteiger charge is -2.10. The van der Waals surface area contributed by atoms with Crippen molar-refractivity contribution >= 4 is 17.3 Å². The first kappa shape index (κ1) is 12.2. The summed E-state index contributed by atoms with van der Waals surface area (Å²) >= 11 is 0. The number of amides is 1. The van der Waals surface area contributed by atoms with Gasteiger partial charge in [0.25, 0.3) is 0 Å². The van der Waals surface area contributed by atoms with Gasteiger partial charge in [-0.2, -0.15) is 0 Å². The molecule has 2 aromatic rings. The van der Waals surface area contributed by atoms with Crippen LogP contribution in [0.3, 0.4) is 0 Å². The summed E-state index contributed by atoms with van der Waals surface area (Å²) in [6, 6.07) is 7.94. The summed E-state index contributed by atoms with van der Waals surface area (Å²) in [5, 5.41) is 6.13. The van der Waals surface area contributed by atoms with Crippen molar-refractivity contribution in [1.29, 1.82) is 0 Å². The summed E-state index contributed by atoms with van der Waals surface area (Å²) in [7, 11) is 0. The van der Waals surface area contributed by atoms with Gasteiger partial charge in [0.2, 0.25) is 5.91 Å². The Hall–Kier alpha value is -2.23. The highest BCUT2D eigenvalue weighted by Crippen LogP contribution is 2.20. The van der Waals surface area contributed by atoms with Crippen molar-refractivity contribution in [1.82, 2.24) is 4.98 Å². The monoisotopic (exact) mass is 243 g/mol. The van der Waals surface area contributed by atoms with Crippen LogP contribution in [0.1, 0.15) is 18.1 Å². The number of nitrogens with one attached hydrogen (secondary N) is 3. The van der Waals surface area contributed by atoms with E-state index in [2.05, 4.69) is 15.6 Å². The molecule has 0 aliphatic rings. The molecule has 0 saturated carbocycles. The smallest absolute Gasteiger partial charge is 0.221 e. The highest BCUT2D eigenvalue weighted by atomic mass is 16.1. The van der Waals surface area contributed by atoms with Gasteiger partial charge in [0.1, 0.15) is 0 Å². The van der Waals surface area contributed by atoms with Crippen LogP contribution in [-0.4, -0.2) is 10.9 Å². The molecule has 2 rings (SSSR count). The van der Waals surface area contributed by atoms with E-state index in [1.807, 2.05) is 43.6 Å².